The first-order valence-electron chi connectivity index (χ1n) is 5.21. The average Bonchev–Trinajstić information content (AvgIpc) is 2.51. The summed E-state index contributed by atoms with van der Waals surface area (Å²) in [5.41, 5.74) is 5.76. The Hall–Kier alpha value is -1.30. The third-order valence-corrected chi connectivity index (χ3v) is 3.09. The van der Waals surface area contributed by atoms with Crippen molar-refractivity contribution in [3.05, 3.63) is 53.1 Å². The van der Waals surface area contributed by atoms with Crippen molar-refractivity contribution in [1.82, 2.24) is 0 Å². The molecule has 0 bridgehead atoms. The quantitative estimate of drug-likeness (QED) is 0.568. The van der Waals surface area contributed by atoms with E-state index >= 15 is 0 Å². The van der Waals surface area contributed by atoms with Crippen molar-refractivity contribution in [2.75, 3.05) is 0 Å². The predicted octanol–water partition coefficient (Wildman–Crippen LogP) is 4.15. The molecule has 1 unspecified atom stereocenters. The molecule has 1 atom stereocenters. The van der Waals surface area contributed by atoms with Crippen LogP contribution in [0.3, 0.4) is 0 Å². The predicted molar refractivity (Wildman–Crippen MR) is 62.3 cm³/mol. The fourth-order valence-corrected chi connectivity index (χ4v) is 2.40. The van der Waals surface area contributed by atoms with Crippen molar-refractivity contribution >= 4 is 5.57 Å². The van der Waals surface area contributed by atoms with Crippen LogP contribution in [0.25, 0.3) is 5.57 Å². The minimum Gasteiger partial charge on any atom is -0.0832 e. The van der Waals surface area contributed by atoms with Crippen LogP contribution in [0.1, 0.15) is 37.8 Å². The molecular formula is C14H16. The molecular weight excluding hydrogens is 168 g/mol. The lowest BCUT2D eigenvalue weighted by Gasteiger charge is -2.05. The van der Waals surface area contributed by atoms with Crippen LogP contribution < -0.4 is 0 Å². The molecule has 1 aromatic rings. The number of hydrogen-bond donors (Lipinski definition) is 0. The van der Waals surface area contributed by atoms with Crippen LogP contribution in [0, 0.1) is 0 Å². The smallest absolute Gasteiger partial charge is 0.00699 e. The number of fused-ring (bicyclic) bond motifs is 1. The fourth-order valence-electron chi connectivity index (χ4n) is 2.40. The van der Waals surface area contributed by atoms with Crippen LogP contribution in [-0.4, -0.2) is 0 Å². The second-order valence-electron chi connectivity index (χ2n) is 3.76. The summed E-state index contributed by atoms with van der Waals surface area (Å²) in [6.45, 7) is 6.53. The molecule has 1 aliphatic rings. The van der Waals surface area contributed by atoms with Crippen molar-refractivity contribution in [3.63, 3.8) is 0 Å². The van der Waals surface area contributed by atoms with E-state index in [0.29, 0.717) is 5.92 Å². The molecule has 0 saturated heterocycles. The number of benzene rings is 1. The van der Waals surface area contributed by atoms with E-state index in [1.807, 2.05) is 0 Å². The SMILES string of the molecule is CC=C1/C(=C\C)c2ccccc2C1C. The van der Waals surface area contributed by atoms with Crippen LogP contribution in [0.5, 0.6) is 0 Å². The first kappa shape index (κ1) is 9.26. The number of allylic oxidation sites excluding steroid dienone is 4. The van der Waals surface area contributed by atoms with Crippen LogP contribution in [0.2, 0.25) is 0 Å². The maximum atomic E-state index is 2.28. The Labute approximate surface area is 86.0 Å². The Bertz CT molecular complexity index is 408. The minimum atomic E-state index is 0.558. The van der Waals surface area contributed by atoms with E-state index in [-0.39, 0.29) is 0 Å². The summed E-state index contributed by atoms with van der Waals surface area (Å²) in [4.78, 5) is 0. The maximum Gasteiger partial charge on any atom is 0.00699 e. The molecule has 0 nitrogen and oxygen atoms in total. The first-order valence-corrected chi connectivity index (χ1v) is 5.21. The zero-order valence-corrected chi connectivity index (χ0v) is 9.04. The Morgan fingerprint density at radius 3 is 2.43 bits per heavy atom. The van der Waals surface area contributed by atoms with Crippen molar-refractivity contribution in [1.29, 1.82) is 0 Å². The van der Waals surface area contributed by atoms with Crippen LogP contribution in [0.15, 0.2) is 42.0 Å². The number of hydrogen-bond acceptors (Lipinski definition) is 0. The summed E-state index contributed by atoms with van der Waals surface area (Å²) >= 11 is 0. The topological polar surface area (TPSA) is 0 Å². The molecule has 0 saturated carbocycles. The molecule has 0 amide bonds. The summed E-state index contributed by atoms with van der Waals surface area (Å²) in [5, 5.41) is 0. The highest BCUT2D eigenvalue weighted by molar-refractivity contribution is 5.87. The molecule has 0 spiro atoms. The summed E-state index contributed by atoms with van der Waals surface area (Å²) in [7, 11) is 0. The normalized spacial score (nSPS) is 25.8. The van der Waals surface area contributed by atoms with E-state index in [2.05, 4.69) is 57.2 Å². The zero-order chi connectivity index (χ0) is 10.1. The summed E-state index contributed by atoms with van der Waals surface area (Å²) in [6, 6.07) is 8.70. The lowest BCUT2D eigenvalue weighted by Crippen LogP contribution is -1.87. The van der Waals surface area contributed by atoms with Gasteiger partial charge >= 0.3 is 0 Å². The second kappa shape index (κ2) is 3.45. The molecule has 0 aliphatic heterocycles. The third kappa shape index (κ3) is 1.14. The third-order valence-electron chi connectivity index (χ3n) is 3.09. The zero-order valence-electron chi connectivity index (χ0n) is 9.04. The standard InChI is InChI=1S/C14H16/c1-4-11-10(3)13-8-6-7-9-14(13)12(11)5-2/h4-10H,1-3H3/b11-4?,12-5+. The van der Waals surface area contributed by atoms with Crippen LogP contribution >= 0.6 is 0 Å². The summed E-state index contributed by atoms with van der Waals surface area (Å²) in [5.74, 6) is 0.558. The van der Waals surface area contributed by atoms with Gasteiger partial charge in [0.1, 0.15) is 0 Å². The van der Waals surface area contributed by atoms with E-state index < -0.39 is 0 Å². The number of rotatable bonds is 0. The van der Waals surface area contributed by atoms with Gasteiger partial charge in [-0.05, 0) is 36.1 Å². The van der Waals surface area contributed by atoms with Gasteiger partial charge < -0.3 is 0 Å². The molecule has 14 heavy (non-hydrogen) atoms. The van der Waals surface area contributed by atoms with E-state index in [4.69, 9.17) is 0 Å². The Morgan fingerprint density at radius 2 is 1.79 bits per heavy atom. The van der Waals surface area contributed by atoms with Gasteiger partial charge in [-0.15, -0.1) is 0 Å². The summed E-state index contributed by atoms with van der Waals surface area (Å²) in [6.07, 6.45) is 4.46. The summed E-state index contributed by atoms with van der Waals surface area (Å²) < 4.78 is 0. The van der Waals surface area contributed by atoms with Gasteiger partial charge in [0.25, 0.3) is 0 Å². The van der Waals surface area contributed by atoms with Crippen LogP contribution in [-0.2, 0) is 0 Å². The highest BCUT2D eigenvalue weighted by atomic mass is 14.3. The molecule has 2 rings (SSSR count). The van der Waals surface area contributed by atoms with Gasteiger partial charge in [0, 0.05) is 5.92 Å². The molecule has 0 heterocycles. The maximum absolute atomic E-state index is 2.28. The molecule has 0 N–H and O–H groups in total. The van der Waals surface area contributed by atoms with Gasteiger partial charge in [-0.2, -0.15) is 0 Å². The van der Waals surface area contributed by atoms with Gasteiger partial charge in [-0.25, -0.2) is 0 Å². The van der Waals surface area contributed by atoms with E-state index in [0.717, 1.165) is 0 Å². The highest BCUT2D eigenvalue weighted by Crippen LogP contribution is 2.44. The van der Waals surface area contributed by atoms with Gasteiger partial charge in [0.15, 0.2) is 0 Å². The van der Waals surface area contributed by atoms with Gasteiger partial charge in [-0.3, -0.25) is 0 Å². The van der Waals surface area contributed by atoms with Crippen molar-refractivity contribution < 1.29 is 0 Å². The largest absolute Gasteiger partial charge is 0.0832 e. The molecule has 1 aliphatic carbocycles. The molecule has 0 heteroatoms. The van der Waals surface area contributed by atoms with E-state index in [9.17, 15) is 0 Å². The Morgan fingerprint density at radius 1 is 1.07 bits per heavy atom. The van der Waals surface area contributed by atoms with Gasteiger partial charge in [0.2, 0.25) is 0 Å². The monoisotopic (exact) mass is 184 g/mol. The average molecular weight is 184 g/mol. The Balaban J connectivity index is 2.67. The van der Waals surface area contributed by atoms with E-state index in [1.165, 1.54) is 22.3 Å². The molecule has 1 aromatic carbocycles. The lowest BCUT2D eigenvalue weighted by atomic mass is 9.99. The van der Waals surface area contributed by atoms with Crippen LogP contribution in [0.4, 0.5) is 0 Å². The van der Waals surface area contributed by atoms with Crippen molar-refractivity contribution in [2.45, 2.75) is 26.7 Å². The Kier molecular flexibility index (Phi) is 2.28. The van der Waals surface area contributed by atoms with E-state index in [1.54, 1.807) is 0 Å². The minimum absolute atomic E-state index is 0.558. The molecule has 0 fully saturated rings. The molecule has 0 aromatic heterocycles. The lowest BCUT2D eigenvalue weighted by molar-refractivity contribution is 0.955. The highest BCUT2D eigenvalue weighted by Gasteiger charge is 2.26. The van der Waals surface area contributed by atoms with Crippen molar-refractivity contribution in [3.8, 4) is 0 Å². The second-order valence-corrected chi connectivity index (χ2v) is 3.76. The first-order chi connectivity index (χ1) is 6.79. The fraction of sp³-hybridized carbons (Fsp3) is 0.286. The molecule has 0 radical (unpaired) electrons. The van der Waals surface area contributed by atoms with Crippen molar-refractivity contribution in [2.24, 2.45) is 0 Å². The van der Waals surface area contributed by atoms with Gasteiger partial charge in [-0.1, -0.05) is 43.3 Å². The molecule has 72 valence electrons. The van der Waals surface area contributed by atoms with Gasteiger partial charge in [0.05, 0.1) is 0 Å².